The van der Waals surface area contributed by atoms with E-state index in [4.69, 9.17) is 4.74 Å². The molecule has 0 saturated carbocycles. The lowest BCUT2D eigenvalue weighted by atomic mass is 10.2. The van der Waals surface area contributed by atoms with E-state index in [0.717, 1.165) is 6.42 Å². The molecule has 1 aliphatic rings. The SMILES string of the molecule is CC.CC(C)OC(=O)CN1C=CCCC1=O. The summed E-state index contributed by atoms with van der Waals surface area (Å²) in [6.07, 6.45) is 4.63. The molecular formula is C12H21NO3. The van der Waals surface area contributed by atoms with E-state index in [1.165, 1.54) is 4.90 Å². The van der Waals surface area contributed by atoms with Crippen LogP contribution in [-0.2, 0) is 14.3 Å². The summed E-state index contributed by atoms with van der Waals surface area (Å²) in [7, 11) is 0. The standard InChI is InChI=1S/C10H15NO3.C2H6/c1-8(2)14-10(13)7-11-6-4-3-5-9(11)12;1-2/h4,6,8H,3,5,7H2,1-2H3;1-2H3. The molecule has 0 aromatic heterocycles. The van der Waals surface area contributed by atoms with Crippen LogP contribution in [0.4, 0.5) is 0 Å². The third-order valence-electron chi connectivity index (χ3n) is 1.80. The average molecular weight is 227 g/mol. The first-order valence-corrected chi connectivity index (χ1v) is 5.75. The molecule has 0 fully saturated rings. The Bertz CT molecular complexity index is 259. The van der Waals surface area contributed by atoms with Crippen LogP contribution in [0, 0.1) is 0 Å². The van der Waals surface area contributed by atoms with Crippen molar-refractivity contribution in [1.29, 1.82) is 0 Å². The van der Waals surface area contributed by atoms with E-state index >= 15 is 0 Å². The van der Waals surface area contributed by atoms with Crippen molar-refractivity contribution in [2.24, 2.45) is 0 Å². The van der Waals surface area contributed by atoms with Crippen molar-refractivity contribution < 1.29 is 14.3 Å². The summed E-state index contributed by atoms with van der Waals surface area (Å²) in [4.78, 5) is 23.9. The van der Waals surface area contributed by atoms with Crippen LogP contribution in [0.15, 0.2) is 12.3 Å². The topological polar surface area (TPSA) is 46.6 Å². The van der Waals surface area contributed by atoms with E-state index in [2.05, 4.69) is 0 Å². The minimum atomic E-state index is -0.361. The number of amides is 1. The minimum Gasteiger partial charge on any atom is -0.462 e. The number of carbonyl (C=O) groups is 2. The molecule has 0 bridgehead atoms. The summed E-state index contributed by atoms with van der Waals surface area (Å²) >= 11 is 0. The van der Waals surface area contributed by atoms with Gasteiger partial charge in [-0.1, -0.05) is 19.9 Å². The molecule has 4 nitrogen and oxygen atoms in total. The molecule has 1 aliphatic heterocycles. The second kappa shape index (κ2) is 7.91. The highest BCUT2D eigenvalue weighted by Crippen LogP contribution is 2.07. The van der Waals surface area contributed by atoms with Crippen LogP contribution in [-0.4, -0.2) is 29.4 Å². The molecule has 92 valence electrons. The van der Waals surface area contributed by atoms with Crippen LogP contribution in [0.5, 0.6) is 0 Å². The van der Waals surface area contributed by atoms with Gasteiger partial charge in [-0.05, 0) is 20.3 Å². The first kappa shape index (κ1) is 14.7. The summed E-state index contributed by atoms with van der Waals surface area (Å²) in [6, 6.07) is 0. The fourth-order valence-electron chi connectivity index (χ4n) is 1.22. The highest BCUT2D eigenvalue weighted by Gasteiger charge is 2.18. The number of hydrogen-bond acceptors (Lipinski definition) is 3. The van der Waals surface area contributed by atoms with Crippen molar-refractivity contribution in [2.45, 2.75) is 46.6 Å². The summed E-state index contributed by atoms with van der Waals surface area (Å²) in [5.74, 6) is -0.381. The van der Waals surface area contributed by atoms with Crippen LogP contribution in [0.2, 0.25) is 0 Å². The van der Waals surface area contributed by atoms with Gasteiger partial charge < -0.3 is 9.64 Å². The van der Waals surface area contributed by atoms with Gasteiger partial charge in [-0.2, -0.15) is 0 Å². The van der Waals surface area contributed by atoms with Crippen molar-refractivity contribution in [1.82, 2.24) is 4.90 Å². The molecular weight excluding hydrogens is 206 g/mol. The van der Waals surface area contributed by atoms with Gasteiger partial charge in [-0.15, -0.1) is 0 Å². The van der Waals surface area contributed by atoms with E-state index < -0.39 is 0 Å². The van der Waals surface area contributed by atoms with Crippen LogP contribution < -0.4 is 0 Å². The Morgan fingerprint density at radius 2 is 2.12 bits per heavy atom. The first-order valence-electron chi connectivity index (χ1n) is 5.75. The van der Waals surface area contributed by atoms with Gasteiger partial charge in [0.25, 0.3) is 0 Å². The molecule has 1 rings (SSSR count). The number of ether oxygens (including phenoxy) is 1. The minimum absolute atomic E-state index is 0.0202. The number of allylic oxidation sites excluding steroid dienone is 1. The molecule has 0 radical (unpaired) electrons. The predicted molar refractivity (Wildman–Crippen MR) is 62.7 cm³/mol. The zero-order valence-corrected chi connectivity index (χ0v) is 10.5. The fraction of sp³-hybridized carbons (Fsp3) is 0.667. The zero-order chi connectivity index (χ0) is 12.6. The van der Waals surface area contributed by atoms with Crippen molar-refractivity contribution in [3.05, 3.63) is 12.3 Å². The fourth-order valence-corrected chi connectivity index (χ4v) is 1.22. The van der Waals surface area contributed by atoms with Crippen LogP contribution in [0.25, 0.3) is 0 Å². The van der Waals surface area contributed by atoms with Crippen LogP contribution >= 0.6 is 0 Å². The lowest BCUT2D eigenvalue weighted by molar-refractivity contribution is -0.151. The van der Waals surface area contributed by atoms with Gasteiger partial charge in [0.15, 0.2) is 0 Å². The first-order chi connectivity index (χ1) is 7.59. The number of hydrogen-bond donors (Lipinski definition) is 0. The number of carbonyl (C=O) groups excluding carboxylic acids is 2. The van der Waals surface area contributed by atoms with Gasteiger partial charge in [0.05, 0.1) is 6.10 Å². The Morgan fingerprint density at radius 3 is 2.62 bits per heavy atom. The Balaban J connectivity index is 0.00000106. The molecule has 0 saturated heterocycles. The Morgan fingerprint density at radius 1 is 1.50 bits per heavy atom. The Hall–Kier alpha value is -1.32. The van der Waals surface area contributed by atoms with Gasteiger partial charge in [0.2, 0.25) is 5.91 Å². The van der Waals surface area contributed by atoms with Gasteiger partial charge in [-0.25, -0.2) is 0 Å². The smallest absolute Gasteiger partial charge is 0.326 e. The maximum Gasteiger partial charge on any atom is 0.326 e. The molecule has 4 heteroatoms. The largest absolute Gasteiger partial charge is 0.462 e. The van der Waals surface area contributed by atoms with Crippen LogP contribution in [0.3, 0.4) is 0 Å². The maximum atomic E-state index is 11.3. The van der Waals surface area contributed by atoms with Crippen molar-refractivity contribution in [2.75, 3.05) is 6.54 Å². The lowest BCUT2D eigenvalue weighted by Gasteiger charge is -2.20. The zero-order valence-electron chi connectivity index (χ0n) is 10.5. The number of nitrogens with zero attached hydrogens (tertiary/aromatic N) is 1. The van der Waals surface area contributed by atoms with E-state index in [0.29, 0.717) is 6.42 Å². The molecule has 1 heterocycles. The highest BCUT2D eigenvalue weighted by atomic mass is 16.5. The molecule has 0 atom stereocenters. The molecule has 0 aliphatic carbocycles. The molecule has 0 spiro atoms. The summed E-state index contributed by atoms with van der Waals surface area (Å²) in [5, 5.41) is 0. The monoisotopic (exact) mass is 227 g/mol. The molecule has 0 aromatic carbocycles. The summed E-state index contributed by atoms with van der Waals surface area (Å²) < 4.78 is 4.93. The van der Waals surface area contributed by atoms with Gasteiger partial charge in [0, 0.05) is 12.6 Å². The lowest BCUT2D eigenvalue weighted by Crippen LogP contribution is -2.34. The maximum absolute atomic E-state index is 11.3. The second-order valence-corrected chi connectivity index (χ2v) is 3.48. The number of rotatable bonds is 3. The second-order valence-electron chi connectivity index (χ2n) is 3.48. The van der Waals surface area contributed by atoms with E-state index in [9.17, 15) is 9.59 Å². The van der Waals surface area contributed by atoms with Gasteiger partial charge in [0.1, 0.15) is 6.54 Å². The molecule has 1 amide bonds. The van der Waals surface area contributed by atoms with Gasteiger partial charge >= 0.3 is 5.97 Å². The molecule has 16 heavy (non-hydrogen) atoms. The quantitative estimate of drug-likeness (QED) is 0.694. The molecule has 0 unspecified atom stereocenters. The summed E-state index contributed by atoms with van der Waals surface area (Å²) in [5.41, 5.74) is 0. The predicted octanol–water partition coefficient (Wildman–Crippen LogP) is 2.10. The Labute approximate surface area is 97.3 Å². The van der Waals surface area contributed by atoms with E-state index in [-0.39, 0.29) is 24.5 Å². The van der Waals surface area contributed by atoms with Crippen LogP contribution in [0.1, 0.15) is 40.5 Å². The normalized spacial score (nSPS) is 14.6. The van der Waals surface area contributed by atoms with E-state index in [1.807, 2.05) is 19.9 Å². The number of esters is 1. The van der Waals surface area contributed by atoms with Crippen molar-refractivity contribution in [3.63, 3.8) is 0 Å². The third-order valence-corrected chi connectivity index (χ3v) is 1.80. The van der Waals surface area contributed by atoms with Crippen molar-refractivity contribution >= 4 is 11.9 Å². The molecule has 0 aromatic rings. The van der Waals surface area contributed by atoms with Gasteiger partial charge in [-0.3, -0.25) is 9.59 Å². The summed E-state index contributed by atoms with van der Waals surface area (Å²) in [6.45, 7) is 7.59. The van der Waals surface area contributed by atoms with Crippen molar-refractivity contribution in [3.8, 4) is 0 Å². The third kappa shape index (κ3) is 5.53. The average Bonchev–Trinajstić information content (AvgIpc) is 2.23. The van der Waals surface area contributed by atoms with E-state index in [1.54, 1.807) is 20.0 Å². The highest BCUT2D eigenvalue weighted by molar-refractivity contribution is 5.83. The molecule has 0 N–H and O–H groups in total. The Kier molecular flexibility index (Phi) is 7.25.